The second kappa shape index (κ2) is 5.31. The largest absolute Gasteiger partial charge is 0.310 e. The van der Waals surface area contributed by atoms with Crippen LogP contribution in [0.15, 0.2) is 55.1 Å². The van der Waals surface area contributed by atoms with Crippen LogP contribution < -0.4 is 5.32 Å². The van der Waals surface area contributed by atoms with Crippen molar-refractivity contribution in [1.29, 1.82) is 0 Å². The van der Waals surface area contributed by atoms with E-state index in [2.05, 4.69) is 15.3 Å². The van der Waals surface area contributed by atoms with Crippen molar-refractivity contribution in [2.75, 3.05) is 5.32 Å². The predicted octanol–water partition coefficient (Wildman–Crippen LogP) is 2.88. The Kier molecular flexibility index (Phi) is 3.15. The number of aromatic nitrogens is 3. The number of anilines is 1. The minimum absolute atomic E-state index is 0.0739. The maximum absolute atomic E-state index is 13.1. The highest BCUT2D eigenvalue weighted by atomic mass is 19.1. The van der Waals surface area contributed by atoms with Crippen LogP contribution in [0.3, 0.4) is 0 Å². The van der Waals surface area contributed by atoms with E-state index >= 15 is 0 Å². The molecule has 6 heteroatoms. The number of carbonyl (C=O) groups is 1. The van der Waals surface area contributed by atoms with Crippen LogP contribution >= 0.6 is 0 Å². The van der Waals surface area contributed by atoms with Crippen molar-refractivity contribution < 1.29 is 9.18 Å². The van der Waals surface area contributed by atoms with E-state index in [1.165, 1.54) is 12.1 Å². The second-order valence-electron chi connectivity index (χ2n) is 5.42. The van der Waals surface area contributed by atoms with Gasteiger partial charge in [0.05, 0.1) is 5.69 Å². The fourth-order valence-corrected chi connectivity index (χ4v) is 2.86. The van der Waals surface area contributed by atoms with E-state index in [1.807, 2.05) is 12.1 Å². The molecule has 1 aliphatic heterocycles. The van der Waals surface area contributed by atoms with Crippen molar-refractivity contribution in [3.63, 3.8) is 0 Å². The van der Waals surface area contributed by atoms with Crippen molar-refractivity contribution in [2.45, 2.75) is 12.3 Å². The highest BCUT2D eigenvalue weighted by Crippen LogP contribution is 2.36. The Morgan fingerprint density at radius 2 is 2.04 bits per heavy atom. The lowest BCUT2D eigenvalue weighted by atomic mass is 9.91. The Morgan fingerprint density at radius 1 is 1.22 bits per heavy atom. The number of carbonyl (C=O) groups excluding carboxylic acids is 1. The first-order valence-corrected chi connectivity index (χ1v) is 7.25. The Labute approximate surface area is 131 Å². The first-order valence-electron chi connectivity index (χ1n) is 7.25. The van der Waals surface area contributed by atoms with Gasteiger partial charge < -0.3 is 5.32 Å². The highest BCUT2D eigenvalue weighted by Gasteiger charge is 2.31. The smallest absolute Gasteiger partial charge is 0.226 e. The lowest BCUT2D eigenvalue weighted by Crippen LogP contribution is -2.24. The van der Waals surface area contributed by atoms with Gasteiger partial charge in [0.2, 0.25) is 5.91 Å². The number of rotatable bonds is 2. The third-order valence-electron chi connectivity index (χ3n) is 3.96. The zero-order valence-electron chi connectivity index (χ0n) is 12.1. The first-order chi connectivity index (χ1) is 11.2. The molecule has 1 aliphatic rings. The Bertz CT molecular complexity index is 858. The number of pyridine rings is 1. The Balaban J connectivity index is 1.81. The number of imidazole rings is 1. The van der Waals surface area contributed by atoms with Crippen molar-refractivity contribution in [1.82, 2.24) is 14.5 Å². The molecule has 0 aliphatic carbocycles. The highest BCUT2D eigenvalue weighted by molar-refractivity contribution is 5.94. The molecule has 0 saturated carbocycles. The molecule has 4 rings (SSSR count). The molecule has 114 valence electrons. The van der Waals surface area contributed by atoms with Crippen molar-refractivity contribution in [2.24, 2.45) is 0 Å². The quantitative estimate of drug-likeness (QED) is 0.792. The number of benzene rings is 1. The van der Waals surface area contributed by atoms with Crippen LogP contribution in [-0.4, -0.2) is 20.4 Å². The van der Waals surface area contributed by atoms with Gasteiger partial charge in [-0.3, -0.25) is 14.3 Å². The normalized spacial score (nSPS) is 16.7. The summed E-state index contributed by atoms with van der Waals surface area (Å²) in [5.74, 6) is 0.117. The van der Waals surface area contributed by atoms with Crippen LogP contribution in [0.1, 0.15) is 23.6 Å². The van der Waals surface area contributed by atoms with E-state index in [4.69, 9.17) is 0 Å². The molecule has 0 radical (unpaired) electrons. The lowest BCUT2D eigenvalue weighted by molar-refractivity contribution is -0.116. The van der Waals surface area contributed by atoms with Gasteiger partial charge >= 0.3 is 0 Å². The first kappa shape index (κ1) is 13.6. The van der Waals surface area contributed by atoms with Gasteiger partial charge in [-0.2, -0.15) is 0 Å². The summed E-state index contributed by atoms with van der Waals surface area (Å²) in [6, 6.07) is 9.85. The molecule has 0 unspecified atom stereocenters. The van der Waals surface area contributed by atoms with E-state index in [9.17, 15) is 9.18 Å². The van der Waals surface area contributed by atoms with Gasteiger partial charge in [-0.1, -0.05) is 6.07 Å². The summed E-state index contributed by atoms with van der Waals surface area (Å²) in [5.41, 5.74) is 2.49. The fourth-order valence-electron chi connectivity index (χ4n) is 2.86. The number of halogens is 1. The Morgan fingerprint density at radius 3 is 2.78 bits per heavy atom. The van der Waals surface area contributed by atoms with Crippen LogP contribution in [0.4, 0.5) is 10.2 Å². The molecule has 2 aromatic heterocycles. The van der Waals surface area contributed by atoms with E-state index in [0.717, 1.165) is 16.9 Å². The molecule has 3 heterocycles. The van der Waals surface area contributed by atoms with E-state index in [1.54, 1.807) is 35.4 Å². The number of hydrogen-bond acceptors (Lipinski definition) is 3. The number of amides is 1. The molecule has 5 nitrogen and oxygen atoms in total. The zero-order chi connectivity index (χ0) is 15.8. The molecule has 0 saturated heterocycles. The molecule has 1 aromatic carbocycles. The molecule has 1 N–H and O–H groups in total. The van der Waals surface area contributed by atoms with Crippen LogP contribution in [0.2, 0.25) is 0 Å². The summed E-state index contributed by atoms with van der Waals surface area (Å²) in [5, 5.41) is 2.87. The van der Waals surface area contributed by atoms with Crippen LogP contribution in [0.5, 0.6) is 0 Å². The summed E-state index contributed by atoms with van der Waals surface area (Å²) < 4.78 is 14.9. The van der Waals surface area contributed by atoms with Gasteiger partial charge in [-0.25, -0.2) is 9.37 Å². The van der Waals surface area contributed by atoms with Crippen molar-refractivity contribution >= 4 is 11.7 Å². The topological polar surface area (TPSA) is 59.8 Å². The summed E-state index contributed by atoms with van der Waals surface area (Å²) in [4.78, 5) is 20.7. The zero-order valence-corrected chi connectivity index (χ0v) is 12.1. The SMILES string of the molecule is O=C1C[C@@H](c2cccnc2)c2ncn(-c3ccc(F)cc3)c2N1. The van der Waals surface area contributed by atoms with Gasteiger partial charge in [-0.05, 0) is 35.9 Å². The fraction of sp³-hybridized carbons (Fsp3) is 0.118. The standard InChI is InChI=1S/C17H13FN4O/c18-12-3-5-13(6-4-12)22-10-20-16-14(8-15(23)21-17(16)22)11-2-1-7-19-9-11/h1-7,9-10,14H,8H2,(H,21,23)/t14-/m0/s1. The van der Waals surface area contributed by atoms with Gasteiger partial charge in [0, 0.05) is 30.4 Å². The maximum Gasteiger partial charge on any atom is 0.226 e. The van der Waals surface area contributed by atoms with Crippen LogP contribution in [-0.2, 0) is 4.79 Å². The third kappa shape index (κ3) is 2.38. The van der Waals surface area contributed by atoms with E-state index < -0.39 is 0 Å². The molecule has 1 atom stereocenters. The number of nitrogens with zero attached hydrogens (tertiary/aromatic N) is 3. The predicted molar refractivity (Wildman–Crippen MR) is 82.8 cm³/mol. The molecule has 0 fully saturated rings. The van der Waals surface area contributed by atoms with Crippen LogP contribution in [0.25, 0.3) is 5.69 Å². The Hall–Kier alpha value is -3.02. The minimum Gasteiger partial charge on any atom is -0.310 e. The molecule has 23 heavy (non-hydrogen) atoms. The molecular weight excluding hydrogens is 295 g/mol. The monoisotopic (exact) mass is 308 g/mol. The summed E-state index contributed by atoms with van der Waals surface area (Å²) in [6.45, 7) is 0. The molecule has 3 aromatic rings. The average Bonchev–Trinajstić information content (AvgIpc) is 2.99. The number of fused-ring (bicyclic) bond motifs is 1. The summed E-state index contributed by atoms with van der Waals surface area (Å²) in [7, 11) is 0. The second-order valence-corrected chi connectivity index (χ2v) is 5.42. The number of nitrogens with one attached hydrogen (secondary N) is 1. The van der Waals surface area contributed by atoms with Gasteiger partial charge in [-0.15, -0.1) is 0 Å². The minimum atomic E-state index is -0.306. The van der Waals surface area contributed by atoms with Crippen molar-refractivity contribution in [3.8, 4) is 5.69 Å². The van der Waals surface area contributed by atoms with Gasteiger partial charge in [0.1, 0.15) is 18.0 Å². The summed E-state index contributed by atoms with van der Waals surface area (Å²) in [6.07, 6.45) is 5.43. The third-order valence-corrected chi connectivity index (χ3v) is 3.96. The molecule has 1 amide bonds. The average molecular weight is 308 g/mol. The van der Waals surface area contributed by atoms with Gasteiger partial charge in [0.15, 0.2) is 0 Å². The summed E-state index contributed by atoms with van der Waals surface area (Å²) >= 11 is 0. The van der Waals surface area contributed by atoms with E-state index in [-0.39, 0.29) is 17.6 Å². The number of hydrogen-bond donors (Lipinski definition) is 1. The molecular formula is C17H13FN4O. The van der Waals surface area contributed by atoms with Gasteiger partial charge in [0.25, 0.3) is 0 Å². The molecule has 0 bridgehead atoms. The van der Waals surface area contributed by atoms with Crippen LogP contribution in [0, 0.1) is 5.82 Å². The van der Waals surface area contributed by atoms with E-state index in [0.29, 0.717) is 12.2 Å². The molecule has 0 spiro atoms. The maximum atomic E-state index is 13.1. The lowest BCUT2D eigenvalue weighted by Gasteiger charge is -2.23. The van der Waals surface area contributed by atoms with Crippen molar-refractivity contribution in [3.05, 3.63) is 72.2 Å².